The average molecular weight is 362 g/mol. The van der Waals surface area contributed by atoms with Gasteiger partial charge in [0.05, 0.1) is 0 Å². The number of carbonyl (C=O) groups is 2. The topological polar surface area (TPSA) is 80.3 Å². The number of ether oxygens (including phenoxy) is 1. The Morgan fingerprint density at radius 1 is 1.12 bits per heavy atom. The zero-order valence-corrected chi connectivity index (χ0v) is 14.9. The Balaban J connectivity index is 1.68. The first-order chi connectivity index (χ1) is 12.0. The molecule has 1 heterocycles. The Morgan fingerprint density at radius 2 is 1.80 bits per heavy atom. The summed E-state index contributed by atoms with van der Waals surface area (Å²) in [5.74, 6) is 0.0496. The number of nitrogens with zero attached hydrogens (tertiary/aromatic N) is 1. The number of rotatable bonds is 7. The minimum atomic E-state index is -0.279. The number of aromatic nitrogens is 1. The van der Waals surface area contributed by atoms with Crippen molar-refractivity contribution >= 4 is 23.4 Å². The van der Waals surface area contributed by atoms with Crippen LogP contribution in [0.1, 0.15) is 21.6 Å². The van der Waals surface area contributed by atoms with Crippen molar-refractivity contribution in [2.24, 2.45) is 0 Å². The third-order valence-corrected chi connectivity index (χ3v) is 4.01. The molecule has 0 aliphatic carbocycles. The van der Waals surface area contributed by atoms with Gasteiger partial charge in [-0.15, -0.1) is 0 Å². The van der Waals surface area contributed by atoms with Gasteiger partial charge in [-0.1, -0.05) is 17.7 Å². The molecule has 6 nitrogen and oxygen atoms in total. The molecule has 0 fully saturated rings. The van der Waals surface area contributed by atoms with Crippen molar-refractivity contribution in [2.75, 3.05) is 19.7 Å². The molecule has 0 radical (unpaired) electrons. The fraction of sp³-hybridized carbons (Fsp3) is 0.278. The van der Waals surface area contributed by atoms with Crippen LogP contribution >= 0.6 is 11.6 Å². The average Bonchev–Trinajstić information content (AvgIpc) is 2.62. The molecule has 132 valence electrons. The predicted octanol–water partition coefficient (Wildman–Crippen LogP) is 2.28. The molecule has 7 heteroatoms. The molecule has 0 atom stereocenters. The maximum atomic E-state index is 11.8. The molecule has 1 aromatic carbocycles. The van der Waals surface area contributed by atoms with Crippen LogP contribution in [-0.4, -0.2) is 36.5 Å². The van der Waals surface area contributed by atoms with E-state index in [1.54, 1.807) is 36.5 Å². The van der Waals surface area contributed by atoms with Crippen LogP contribution in [0.15, 0.2) is 36.5 Å². The molecule has 0 aliphatic heterocycles. The van der Waals surface area contributed by atoms with Crippen LogP contribution in [0.5, 0.6) is 5.75 Å². The minimum Gasteiger partial charge on any atom is -0.484 e. The molecule has 0 aliphatic rings. The van der Waals surface area contributed by atoms with Crippen LogP contribution in [0.2, 0.25) is 5.02 Å². The molecule has 2 amide bonds. The van der Waals surface area contributed by atoms with Crippen LogP contribution in [-0.2, 0) is 4.79 Å². The number of carbonyl (C=O) groups excluding carboxylic acids is 2. The molecule has 2 aromatic rings. The molecule has 2 rings (SSSR count). The molecule has 1 aromatic heterocycles. The zero-order chi connectivity index (χ0) is 18.2. The van der Waals surface area contributed by atoms with E-state index < -0.39 is 0 Å². The molecule has 0 saturated carbocycles. The van der Waals surface area contributed by atoms with Gasteiger partial charge in [-0.3, -0.25) is 14.6 Å². The van der Waals surface area contributed by atoms with Gasteiger partial charge in [0.15, 0.2) is 6.61 Å². The molecule has 0 bridgehead atoms. The number of benzene rings is 1. The van der Waals surface area contributed by atoms with E-state index >= 15 is 0 Å². The first kappa shape index (κ1) is 18.7. The van der Waals surface area contributed by atoms with Crippen molar-refractivity contribution in [3.63, 3.8) is 0 Å². The van der Waals surface area contributed by atoms with Crippen LogP contribution in [0.25, 0.3) is 0 Å². The van der Waals surface area contributed by atoms with Gasteiger partial charge in [0.25, 0.3) is 11.8 Å². The summed E-state index contributed by atoms with van der Waals surface area (Å²) in [6.45, 7) is 4.27. The van der Waals surface area contributed by atoms with Crippen LogP contribution in [0.3, 0.4) is 0 Å². The lowest BCUT2D eigenvalue weighted by Gasteiger charge is -2.10. The number of halogens is 1. The first-order valence-electron chi connectivity index (χ1n) is 7.83. The van der Waals surface area contributed by atoms with Gasteiger partial charge in [0.1, 0.15) is 11.4 Å². The molecule has 25 heavy (non-hydrogen) atoms. The summed E-state index contributed by atoms with van der Waals surface area (Å²) in [4.78, 5) is 27.5. The highest BCUT2D eigenvalue weighted by Gasteiger charge is 2.07. The second-order valence-electron chi connectivity index (χ2n) is 5.48. The Morgan fingerprint density at radius 3 is 2.44 bits per heavy atom. The number of aryl methyl sites for hydroxylation is 2. The van der Waals surface area contributed by atoms with Crippen molar-refractivity contribution in [1.29, 1.82) is 0 Å². The molecule has 0 unspecified atom stereocenters. The van der Waals surface area contributed by atoms with Gasteiger partial charge in [-0.25, -0.2) is 0 Å². The van der Waals surface area contributed by atoms with Gasteiger partial charge in [0, 0.05) is 24.3 Å². The van der Waals surface area contributed by atoms with E-state index in [0.29, 0.717) is 29.6 Å². The van der Waals surface area contributed by atoms with Gasteiger partial charge in [-0.05, 0) is 49.2 Å². The zero-order valence-electron chi connectivity index (χ0n) is 14.1. The number of hydrogen-bond acceptors (Lipinski definition) is 4. The molecule has 0 saturated heterocycles. The SMILES string of the molecule is Cc1cc(OCC(=O)NCCNC(=O)c2ccccn2)cc(C)c1Cl. The van der Waals surface area contributed by atoms with Crippen molar-refractivity contribution in [1.82, 2.24) is 15.6 Å². The summed E-state index contributed by atoms with van der Waals surface area (Å²) in [5.41, 5.74) is 2.13. The highest BCUT2D eigenvalue weighted by atomic mass is 35.5. The number of hydrogen-bond donors (Lipinski definition) is 2. The fourth-order valence-corrected chi connectivity index (χ4v) is 2.26. The van der Waals surface area contributed by atoms with E-state index in [1.807, 2.05) is 13.8 Å². The van der Waals surface area contributed by atoms with E-state index in [4.69, 9.17) is 16.3 Å². The van der Waals surface area contributed by atoms with Crippen molar-refractivity contribution in [3.05, 3.63) is 58.4 Å². The lowest BCUT2D eigenvalue weighted by molar-refractivity contribution is -0.123. The largest absolute Gasteiger partial charge is 0.484 e. The van der Waals surface area contributed by atoms with Crippen LogP contribution in [0, 0.1) is 13.8 Å². The van der Waals surface area contributed by atoms with Crippen molar-refractivity contribution < 1.29 is 14.3 Å². The van der Waals surface area contributed by atoms with Gasteiger partial charge in [0.2, 0.25) is 0 Å². The van der Waals surface area contributed by atoms with Crippen LogP contribution in [0.4, 0.5) is 0 Å². The van der Waals surface area contributed by atoms with E-state index in [1.165, 1.54) is 0 Å². The Bertz CT molecular complexity index is 727. The lowest BCUT2D eigenvalue weighted by atomic mass is 10.1. The fourth-order valence-electron chi connectivity index (χ4n) is 2.15. The second kappa shape index (κ2) is 9.03. The second-order valence-corrected chi connectivity index (χ2v) is 5.86. The number of amides is 2. The number of nitrogens with one attached hydrogen (secondary N) is 2. The minimum absolute atomic E-state index is 0.102. The molecular weight excluding hydrogens is 342 g/mol. The van der Waals surface area contributed by atoms with Crippen LogP contribution < -0.4 is 15.4 Å². The maximum absolute atomic E-state index is 11.8. The smallest absolute Gasteiger partial charge is 0.269 e. The van der Waals surface area contributed by atoms with E-state index in [9.17, 15) is 9.59 Å². The maximum Gasteiger partial charge on any atom is 0.269 e. The van der Waals surface area contributed by atoms with Crippen molar-refractivity contribution in [3.8, 4) is 5.75 Å². The van der Waals surface area contributed by atoms with E-state index in [2.05, 4.69) is 15.6 Å². The third-order valence-electron chi connectivity index (χ3n) is 3.41. The number of pyridine rings is 1. The first-order valence-corrected chi connectivity index (χ1v) is 8.20. The monoisotopic (exact) mass is 361 g/mol. The van der Waals surface area contributed by atoms with Gasteiger partial charge in [-0.2, -0.15) is 0 Å². The molecule has 0 spiro atoms. The summed E-state index contributed by atoms with van der Waals surface area (Å²) >= 11 is 6.09. The highest BCUT2D eigenvalue weighted by Crippen LogP contribution is 2.25. The van der Waals surface area contributed by atoms with E-state index in [0.717, 1.165) is 11.1 Å². The molecule has 2 N–H and O–H groups in total. The van der Waals surface area contributed by atoms with Gasteiger partial charge >= 0.3 is 0 Å². The Labute approximate surface area is 151 Å². The third kappa shape index (κ3) is 5.76. The Kier molecular flexibility index (Phi) is 6.77. The summed E-state index contributed by atoms with van der Waals surface area (Å²) in [5, 5.41) is 6.05. The predicted molar refractivity (Wildman–Crippen MR) is 96.0 cm³/mol. The standard InChI is InChI=1S/C18H20ClN3O3/c1-12-9-14(10-13(2)17(12)19)25-11-16(23)21-7-8-22-18(24)15-5-3-4-6-20-15/h3-6,9-10H,7-8,11H2,1-2H3,(H,21,23)(H,22,24). The van der Waals surface area contributed by atoms with Gasteiger partial charge < -0.3 is 15.4 Å². The summed E-state index contributed by atoms with van der Waals surface area (Å²) in [7, 11) is 0. The molecular formula is C18H20ClN3O3. The summed E-state index contributed by atoms with van der Waals surface area (Å²) < 4.78 is 5.46. The normalized spacial score (nSPS) is 10.2. The highest BCUT2D eigenvalue weighted by molar-refractivity contribution is 6.32. The summed E-state index contributed by atoms with van der Waals surface area (Å²) in [6, 6.07) is 8.67. The van der Waals surface area contributed by atoms with Crippen molar-refractivity contribution in [2.45, 2.75) is 13.8 Å². The summed E-state index contributed by atoms with van der Waals surface area (Å²) in [6.07, 6.45) is 1.55. The lowest BCUT2D eigenvalue weighted by Crippen LogP contribution is -2.37. The van der Waals surface area contributed by atoms with E-state index in [-0.39, 0.29) is 18.4 Å². The Hall–Kier alpha value is -2.60. The quantitative estimate of drug-likeness (QED) is 0.741.